The second-order valence-electron chi connectivity index (χ2n) is 4.42. The molecule has 3 nitrogen and oxygen atoms in total. The van der Waals surface area contributed by atoms with E-state index in [-0.39, 0.29) is 6.54 Å². The van der Waals surface area contributed by atoms with Crippen LogP contribution in [0.25, 0.3) is 0 Å². The number of ether oxygens (including phenoxy) is 1. The minimum absolute atomic E-state index is 0.120. The molecule has 1 aliphatic rings. The SMILES string of the molecule is [2H]C([2H])(O)[C@@H]1[C@H](C)OC(F)(F)CN1Cc1ccccc1. The molecule has 0 aromatic heterocycles. The van der Waals surface area contributed by atoms with Crippen LogP contribution < -0.4 is 0 Å². The Hall–Kier alpha value is -1.04. The molecule has 1 saturated heterocycles. The molecule has 18 heavy (non-hydrogen) atoms. The number of alkyl halides is 2. The van der Waals surface area contributed by atoms with Gasteiger partial charge in [-0.25, -0.2) is 0 Å². The first-order valence-electron chi connectivity index (χ1n) is 6.75. The fraction of sp³-hybridized carbons (Fsp3) is 0.538. The first-order chi connectivity index (χ1) is 9.19. The van der Waals surface area contributed by atoms with Gasteiger partial charge in [-0.15, -0.1) is 0 Å². The maximum Gasteiger partial charge on any atom is 0.368 e. The maximum atomic E-state index is 13.5. The quantitative estimate of drug-likeness (QED) is 0.899. The fourth-order valence-corrected chi connectivity index (χ4v) is 2.16. The Morgan fingerprint density at radius 3 is 2.78 bits per heavy atom. The Morgan fingerprint density at radius 1 is 1.50 bits per heavy atom. The number of hydrogen-bond acceptors (Lipinski definition) is 3. The molecule has 5 heteroatoms. The minimum atomic E-state index is -3.35. The van der Waals surface area contributed by atoms with Gasteiger partial charge in [0.05, 0.1) is 28.0 Å². The highest BCUT2D eigenvalue weighted by atomic mass is 19.3. The molecule has 0 bridgehead atoms. The van der Waals surface area contributed by atoms with E-state index in [0.717, 1.165) is 5.56 Å². The van der Waals surface area contributed by atoms with E-state index in [1.807, 2.05) is 6.07 Å². The highest BCUT2D eigenvalue weighted by Gasteiger charge is 2.44. The van der Waals surface area contributed by atoms with Gasteiger partial charge in [-0.05, 0) is 12.5 Å². The lowest BCUT2D eigenvalue weighted by atomic mass is 10.1. The Kier molecular flexibility index (Phi) is 3.19. The third kappa shape index (κ3) is 3.04. The van der Waals surface area contributed by atoms with E-state index in [4.69, 9.17) is 2.74 Å². The predicted molar refractivity (Wildman–Crippen MR) is 63.2 cm³/mol. The molecule has 0 aliphatic carbocycles. The van der Waals surface area contributed by atoms with Crippen LogP contribution in [0.2, 0.25) is 0 Å². The summed E-state index contributed by atoms with van der Waals surface area (Å²) in [5, 5.41) is 9.60. The molecule has 0 saturated carbocycles. The number of aliphatic hydroxyl groups is 1. The van der Waals surface area contributed by atoms with Gasteiger partial charge in [0.25, 0.3) is 0 Å². The van der Waals surface area contributed by atoms with Crippen LogP contribution in [0.1, 0.15) is 15.2 Å². The number of morpholine rings is 1. The van der Waals surface area contributed by atoms with Crippen LogP contribution in [0.5, 0.6) is 0 Å². The van der Waals surface area contributed by atoms with Gasteiger partial charge in [0, 0.05) is 6.54 Å². The number of benzene rings is 1. The summed E-state index contributed by atoms with van der Waals surface area (Å²) in [5.41, 5.74) is 0.770. The van der Waals surface area contributed by atoms with Crippen LogP contribution in [-0.2, 0) is 11.3 Å². The van der Waals surface area contributed by atoms with Crippen LogP contribution in [0.3, 0.4) is 0 Å². The van der Waals surface area contributed by atoms with E-state index in [2.05, 4.69) is 4.74 Å². The molecule has 2 atom stereocenters. The van der Waals surface area contributed by atoms with E-state index < -0.39 is 31.4 Å². The van der Waals surface area contributed by atoms with Crippen molar-refractivity contribution in [3.05, 3.63) is 35.9 Å². The molecule has 1 aromatic rings. The molecule has 1 fully saturated rings. The zero-order chi connectivity index (χ0) is 15.0. The van der Waals surface area contributed by atoms with Crippen LogP contribution in [0.15, 0.2) is 30.3 Å². The van der Waals surface area contributed by atoms with Crippen molar-refractivity contribution in [2.24, 2.45) is 0 Å². The number of halogens is 2. The summed E-state index contributed by atoms with van der Waals surface area (Å²) in [6.45, 7) is -1.92. The molecular formula is C13H17F2NO2. The lowest BCUT2D eigenvalue weighted by Gasteiger charge is -2.42. The Bertz CT molecular complexity index is 453. The van der Waals surface area contributed by atoms with Gasteiger partial charge < -0.3 is 9.84 Å². The summed E-state index contributed by atoms with van der Waals surface area (Å²) in [7, 11) is 0. The highest BCUT2D eigenvalue weighted by Crippen LogP contribution is 2.29. The first-order valence-corrected chi connectivity index (χ1v) is 5.75. The molecule has 0 amide bonds. The molecule has 1 heterocycles. The number of rotatable bonds is 3. The average molecular weight is 259 g/mol. The highest BCUT2D eigenvalue weighted by molar-refractivity contribution is 5.14. The van der Waals surface area contributed by atoms with Gasteiger partial charge in [0.15, 0.2) is 0 Å². The van der Waals surface area contributed by atoms with Crippen LogP contribution >= 0.6 is 0 Å². The zero-order valence-corrected chi connectivity index (χ0v) is 10.0. The van der Waals surface area contributed by atoms with Crippen molar-refractivity contribution >= 4 is 0 Å². The van der Waals surface area contributed by atoms with E-state index in [1.165, 1.54) is 11.8 Å². The summed E-state index contributed by atoms with van der Waals surface area (Å²) in [6, 6.07) is 7.75. The van der Waals surface area contributed by atoms with Gasteiger partial charge in [0.2, 0.25) is 0 Å². The third-order valence-corrected chi connectivity index (χ3v) is 2.94. The normalized spacial score (nSPS) is 30.7. The smallest absolute Gasteiger partial charge is 0.368 e. The largest absolute Gasteiger partial charge is 0.395 e. The summed E-state index contributed by atoms with van der Waals surface area (Å²) >= 11 is 0. The fourth-order valence-electron chi connectivity index (χ4n) is 2.16. The van der Waals surface area contributed by atoms with Crippen LogP contribution in [-0.4, -0.2) is 41.4 Å². The van der Waals surface area contributed by atoms with Crippen LogP contribution in [0.4, 0.5) is 8.78 Å². The summed E-state index contributed by atoms with van der Waals surface area (Å²) in [5.74, 6) is 0. The molecular weight excluding hydrogens is 240 g/mol. The first kappa shape index (κ1) is 10.8. The molecule has 0 radical (unpaired) electrons. The molecule has 1 aliphatic heterocycles. The van der Waals surface area contributed by atoms with Gasteiger partial charge in [-0.2, -0.15) is 8.78 Å². The summed E-state index contributed by atoms with van der Waals surface area (Å²) < 4.78 is 46.4. The number of hydrogen-bond donors (Lipinski definition) is 1. The molecule has 0 unspecified atom stereocenters. The van der Waals surface area contributed by atoms with Crippen molar-refractivity contribution in [1.29, 1.82) is 0 Å². The van der Waals surface area contributed by atoms with Crippen molar-refractivity contribution in [2.45, 2.75) is 31.7 Å². The molecule has 1 aromatic carbocycles. The molecule has 1 N–H and O–H groups in total. The van der Waals surface area contributed by atoms with Crippen molar-refractivity contribution in [2.75, 3.05) is 13.1 Å². The molecule has 100 valence electrons. The van der Waals surface area contributed by atoms with E-state index in [9.17, 15) is 13.9 Å². The molecule has 0 spiro atoms. The lowest BCUT2D eigenvalue weighted by molar-refractivity contribution is -0.309. The van der Waals surface area contributed by atoms with E-state index >= 15 is 0 Å². The Labute approximate surface area is 108 Å². The Morgan fingerprint density at radius 2 is 2.17 bits per heavy atom. The summed E-state index contributed by atoms with van der Waals surface area (Å²) in [6.07, 6.45) is -4.47. The monoisotopic (exact) mass is 259 g/mol. The zero-order valence-electron chi connectivity index (χ0n) is 12.0. The second kappa shape index (κ2) is 5.30. The van der Waals surface area contributed by atoms with Gasteiger partial charge in [-0.3, -0.25) is 4.90 Å². The van der Waals surface area contributed by atoms with Gasteiger partial charge >= 0.3 is 6.11 Å². The minimum Gasteiger partial charge on any atom is -0.395 e. The van der Waals surface area contributed by atoms with Crippen molar-refractivity contribution in [3.63, 3.8) is 0 Å². The Balaban J connectivity index is 2.24. The third-order valence-electron chi connectivity index (χ3n) is 2.94. The van der Waals surface area contributed by atoms with Crippen molar-refractivity contribution in [3.8, 4) is 0 Å². The van der Waals surface area contributed by atoms with Gasteiger partial charge in [0.1, 0.15) is 0 Å². The standard InChI is InChI=1S/C13H17F2NO2/c1-10-12(8-17)16(9-13(14,15)18-10)7-11-5-3-2-4-6-11/h2-6,10,12,17H,7-9H2,1H3/t10-,12+/m0/s1/i8D2. The van der Waals surface area contributed by atoms with E-state index in [0.29, 0.717) is 0 Å². The van der Waals surface area contributed by atoms with Crippen molar-refractivity contribution < 1.29 is 21.4 Å². The maximum absolute atomic E-state index is 13.5. The lowest BCUT2D eigenvalue weighted by Crippen LogP contribution is -2.57. The summed E-state index contributed by atoms with van der Waals surface area (Å²) in [4.78, 5) is 1.23. The molecule has 2 rings (SSSR count). The average Bonchev–Trinajstić information content (AvgIpc) is 2.25. The topological polar surface area (TPSA) is 32.7 Å². The van der Waals surface area contributed by atoms with Crippen LogP contribution in [0, 0.1) is 0 Å². The van der Waals surface area contributed by atoms with Gasteiger partial charge in [-0.1, -0.05) is 30.3 Å². The van der Waals surface area contributed by atoms with E-state index in [1.54, 1.807) is 24.3 Å². The predicted octanol–water partition coefficient (Wildman–Crippen LogP) is 1.86. The van der Waals surface area contributed by atoms with Crippen molar-refractivity contribution in [1.82, 2.24) is 4.90 Å². The number of nitrogens with zero attached hydrogens (tertiary/aromatic N) is 1. The second-order valence-corrected chi connectivity index (χ2v) is 4.42.